The Bertz CT molecular complexity index is 4040. The molecule has 0 aliphatic rings. The van der Waals surface area contributed by atoms with Crippen molar-refractivity contribution in [3.8, 4) is 0 Å². The SMILES string of the molecule is NCC(=O)Nc1ccc(C(F)(OC(F)(F)C(F)(OC(F)(F)C(F)(OC(F)(F)C(F)(OC(F)(F)C(F)(OC(F)(F)C(F)(F)C(F)(F)F)C(F)(F)F)C(F)(F)F)C(F)(F)F)C(F)(F)F)C(F)(F)F)c(B(O)O)c1C(F)(OC(F)(F)C(F)(OC(F)(F)C(F)(OC(F)(F)C(F)(OC(F)(F)C(F)(OC(F)(F)C(F)(F)C(F)(F)F)C(F)(F)F)C(F)(F)F)C(F)(F)F)C(F)(F)F)C(F)(F)F. The van der Waals surface area contributed by atoms with Gasteiger partial charge in [-0.2, -0.15) is 307 Å². The number of ether oxygens (including phenoxy) is 10. The van der Waals surface area contributed by atoms with Crippen LogP contribution in [-0.4, -0.2) is 224 Å². The predicted octanol–water partition coefficient (Wildman–Crippen LogP) is 19.9. The summed E-state index contributed by atoms with van der Waals surface area (Å²) in [5.41, 5.74) is -15.5. The molecule has 1 amide bonds. The normalized spacial score (nSPS) is 20.3. The first-order valence-corrected chi connectivity index (χ1v) is 27.2. The van der Waals surface area contributed by atoms with E-state index in [1.807, 2.05) is 0 Å². The molecule has 0 aliphatic carbocycles. The van der Waals surface area contributed by atoms with Crippen molar-refractivity contribution in [3.63, 3.8) is 0 Å². The predicted molar refractivity (Wildman–Crippen MR) is 233 cm³/mol. The van der Waals surface area contributed by atoms with Crippen molar-refractivity contribution in [2.45, 2.75) is 206 Å². The maximum absolute atomic E-state index is 17.0. The summed E-state index contributed by atoms with van der Waals surface area (Å²) < 4.78 is 1010. The molecule has 0 saturated heterocycles. The lowest BCUT2D eigenvalue weighted by molar-refractivity contribution is -0.601. The van der Waals surface area contributed by atoms with Crippen LogP contribution in [0.5, 0.6) is 0 Å². The topological polar surface area (TPSA) is 188 Å². The van der Waals surface area contributed by atoms with E-state index in [-0.39, 0.29) is 5.32 Å². The Morgan fingerprint density at radius 1 is 0.242 bits per heavy atom. The largest absolute Gasteiger partial charge is 0.489 e. The number of alkyl halides is 70. The van der Waals surface area contributed by atoms with Gasteiger partial charge in [0.15, 0.2) is 0 Å². The minimum atomic E-state index is -10.4. The van der Waals surface area contributed by atoms with Crippen molar-refractivity contribution in [1.29, 1.82) is 0 Å². The molecule has 0 saturated carbocycles. The quantitative estimate of drug-likeness (QED) is 0.0371. The third-order valence-corrected chi connectivity index (χ3v) is 13.4. The second-order valence-electron chi connectivity index (χ2n) is 22.3. The highest BCUT2D eigenvalue weighted by atomic mass is 19.5. The number of halogens is 70. The van der Waals surface area contributed by atoms with Gasteiger partial charge in [-0.05, 0) is 6.07 Å². The van der Waals surface area contributed by atoms with Crippen LogP contribution in [0.1, 0.15) is 11.1 Å². The number of amides is 1. The zero-order valence-corrected chi connectivity index (χ0v) is 54.9. The lowest BCUT2D eigenvalue weighted by Gasteiger charge is -2.45. The van der Waals surface area contributed by atoms with E-state index in [0.717, 1.165) is 0 Å². The van der Waals surface area contributed by atoms with Crippen molar-refractivity contribution >= 4 is 24.2 Å². The van der Waals surface area contributed by atoms with E-state index in [9.17, 15) is 239 Å². The van der Waals surface area contributed by atoms with Crippen molar-refractivity contribution in [1.82, 2.24) is 0 Å². The van der Waals surface area contributed by atoms with Crippen molar-refractivity contribution in [2.75, 3.05) is 11.9 Å². The van der Waals surface area contributed by atoms with Crippen LogP contribution < -0.4 is 16.5 Å². The summed E-state index contributed by atoms with van der Waals surface area (Å²) >= 11 is 0. The molecule has 1 aromatic rings. The third-order valence-electron chi connectivity index (χ3n) is 13.4. The summed E-state index contributed by atoms with van der Waals surface area (Å²) in [5, 5.41) is 19.4. The smallest absolute Gasteiger partial charge is 0.423 e. The van der Waals surface area contributed by atoms with Crippen LogP contribution in [0.25, 0.3) is 0 Å². The molecule has 10 unspecified atom stereocenters. The minimum Gasteiger partial charge on any atom is -0.423 e. The van der Waals surface area contributed by atoms with Gasteiger partial charge < -0.3 is 21.1 Å². The molecule has 0 fully saturated rings. The van der Waals surface area contributed by atoms with E-state index in [1.54, 1.807) is 0 Å². The van der Waals surface area contributed by atoms with E-state index in [2.05, 4.69) is 5.73 Å². The molecular formula is C42H9BF70N2O13. The summed E-state index contributed by atoms with van der Waals surface area (Å²) in [6.45, 7) is -2.57. The van der Waals surface area contributed by atoms with Gasteiger partial charge in [-0.3, -0.25) is 52.2 Å². The number of carbonyl (C=O) groups is 1. The number of benzene rings is 1. The number of hydrogen-bond acceptors (Lipinski definition) is 14. The zero-order chi connectivity index (χ0) is 104. The highest BCUT2D eigenvalue weighted by Crippen LogP contribution is 2.68. The van der Waals surface area contributed by atoms with Crippen molar-refractivity contribution in [3.05, 3.63) is 23.3 Å². The van der Waals surface area contributed by atoms with E-state index < -0.39 is 260 Å². The van der Waals surface area contributed by atoms with Crippen LogP contribution in [-0.2, 0) is 63.9 Å². The lowest BCUT2D eigenvalue weighted by Crippen LogP contribution is -2.73. The molecule has 0 heterocycles. The molecule has 1 rings (SSSR count). The summed E-state index contributed by atoms with van der Waals surface area (Å²) in [6, 6.07) is -4.53. The maximum atomic E-state index is 17.0. The minimum absolute atomic E-state index is 0.124. The summed E-state index contributed by atoms with van der Waals surface area (Å²) in [6.07, 6.45) is -213. The molecule has 0 aliphatic heterocycles. The number of anilines is 1. The molecular weight excluding hydrogens is 2080 g/mol. The molecule has 5 N–H and O–H groups in total. The fourth-order valence-electron chi connectivity index (χ4n) is 7.34. The Morgan fingerprint density at radius 2 is 0.406 bits per heavy atom. The number of hydrogen-bond donors (Lipinski definition) is 4. The molecule has 0 aromatic heterocycles. The molecule has 86 heteroatoms. The van der Waals surface area contributed by atoms with Crippen molar-refractivity contribution < 1.29 is 370 Å². The van der Waals surface area contributed by atoms with Crippen LogP contribution in [0.15, 0.2) is 12.1 Å². The average molecular weight is 2090 g/mol. The number of nitrogens with two attached hydrogens (primary N) is 1. The van der Waals surface area contributed by atoms with Gasteiger partial charge in [-0.25, -0.2) is 0 Å². The molecule has 0 spiro atoms. The van der Waals surface area contributed by atoms with Gasteiger partial charge >= 0.3 is 213 Å². The van der Waals surface area contributed by atoms with Gasteiger partial charge in [-0.15, -0.1) is 0 Å². The molecule has 758 valence electrons. The Balaban J connectivity index is 5.04. The Hall–Kier alpha value is -6.67. The van der Waals surface area contributed by atoms with Gasteiger partial charge in [0.1, 0.15) is 0 Å². The van der Waals surface area contributed by atoms with Crippen LogP contribution in [0.2, 0.25) is 0 Å². The van der Waals surface area contributed by atoms with Crippen LogP contribution in [0, 0.1) is 0 Å². The molecule has 10 atom stereocenters. The van der Waals surface area contributed by atoms with Crippen LogP contribution in [0.3, 0.4) is 0 Å². The Labute approximate surface area is 641 Å². The monoisotopic (exact) mass is 2090 g/mol. The number of rotatable bonds is 35. The number of carbonyl (C=O) groups excluding carboxylic acids is 1. The number of nitrogens with one attached hydrogen (secondary N) is 1. The first-order chi connectivity index (χ1) is 54.5. The van der Waals surface area contributed by atoms with E-state index in [1.165, 1.54) is 9.47 Å². The Kier molecular flexibility index (Phi) is 30.4. The lowest BCUT2D eigenvalue weighted by atomic mass is 9.69. The van der Waals surface area contributed by atoms with Gasteiger partial charge in [0.2, 0.25) is 5.91 Å². The van der Waals surface area contributed by atoms with E-state index >= 15 is 83.4 Å². The second kappa shape index (κ2) is 32.6. The molecule has 128 heavy (non-hydrogen) atoms. The van der Waals surface area contributed by atoms with Crippen molar-refractivity contribution in [2.24, 2.45) is 5.73 Å². The Morgan fingerprint density at radius 3 is 0.555 bits per heavy atom. The molecule has 1 aromatic carbocycles. The highest BCUT2D eigenvalue weighted by molar-refractivity contribution is 6.60. The summed E-state index contributed by atoms with van der Waals surface area (Å²) in [4.78, 5) is 12.1. The fraction of sp³-hybridized carbons (Fsp3) is 0.833. The molecule has 15 nitrogen and oxygen atoms in total. The van der Waals surface area contributed by atoms with Gasteiger partial charge in [0, 0.05) is 22.3 Å². The second-order valence-corrected chi connectivity index (χ2v) is 22.3. The first-order valence-electron chi connectivity index (χ1n) is 27.2. The highest BCUT2D eigenvalue weighted by Gasteiger charge is 2.95. The van der Waals surface area contributed by atoms with Gasteiger partial charge in [0.05, 0.1) is 6.54 Å². The van der Waals surface area contributed by atoms with Gasteiger partial charge in [-0.1, -0.05) is 6.07 Å². The van der Waals surface area contributed by atoms with Crippen LogP contribution in [0.4, 0.5) is 313 Å². The third kappa shape index (κ3) is 19.8. The van der Waals surface area contributed by atoms with E-state index in [4.69, 9.17) is 0 Å². The molecule has 0 radical (unpaired) electrons. The zero-order valence-electron chi connectivity index (χ0n) is 54.9. The molecule has 0 bridgehead atoms. The fourth-order valence-corrected chi connectivity index (χ4v) is 7.34. The van der Waals surface area contributed by atoms with E-state index in [0.29, 0.717) is 37.9 Å². The average Bonchev–Trinajstić information content (AvgIpc) is 0.705. The first kappa shape index (κ1) is 119. The van der Waals surface area contributed by atoms with Crippen LogP contribution >= 0.6 is 0 Å². The summed E-state index contributed by atoms with van der Waals surface area (Å²) in [5.74, 6) is -120. The summed E-state index contributed by atoms with van der Waals surface area (Å²) in [7, 11) is -6.19. The van der Waals surface area contributed by atoms with Gasteiger partial charge in [0.25, 0.3) is 0 Å². The standard InChI is InChI=1S/C42H9BF70N2O13/c44-9(21(58,59)60,119-35(98,99)13(50,25(70,71)72)123-39(106,107)17(54,29(82,83)84)127-41(110,111)19(56,31(88,89)90)125-37(102,103)15(52,27(76,77)78)121-33(94,95)11(46,47)23(64,65)66)4-1-2-5(115-6(116)3-114)7(8(4)43(117)118)10(45,22(61,62)63)120-36(100,101)14(51,26(73,74)75)124-40(108,109)18(55,30(85,86)87)128-42(112,113)20(57,32(91,92)93)126-38(104,105)16(53,28(79,80)81)122-34(96,97)12(48,49)24(67,68)69/h1-2,117-118H,3,114H2,(H,115,116). The maximum Gasteiger partial charge on any atom is 0.489 e.